The molecule has 6 heteroatoms. The summed E-state index contributed by atoms with van der Waals surface area (Å²) in [5.41, 5.74) is 9.40. The Morgan fingerprint density at radius 2 is 2.12 bits per heavy atom. The van der Waals surface area contributed by atoms with Crippen molar-refractivity contribution in [2.24, 2.45) is 0 Å². The van der Waals surface area contributed by atoms with Crippen LogP contribution < -0.4 is 15.8 Å². The first-order valence-electron chi connectivity index (χ1n) is 7.99. The molecule has 0 fully saturated rings. The number of nitrogens with one attached hydrogen (secondary N) is 2. The van der Waals surface area contributed by atoms with Gasteiger partial charge < -0.3 is 21.2 Å². The minimum atomic E-state index is -0.388. The number of benzene rings is 2. The van der Waals surface area contributed by atoms with Crippen LogP contribution in [-0.4, -0.2) is 18.9 Å². The number of anilines is 1. The van der Waals surface area contributed by atoms with E-state index in [1.54, 1.807) is 12.1 Å². The van der Waals surface area contributed by atoms with Crippen LogP contribution in [0.15, 0.2) is 28.7 Å². The molecular formula is C19H21BrFN3O. The Labute approximate surface area is 155 Å². The average molecular weight is 406 g/mol. The standard InChI is InChI=1S/C19H21BrFN3O/c1-19(2)8-12-11(4-5-15(23)13(12)9-22)18(24-19)17-14(21)6-10(20)7-16(17)25-3/h4-7,9,18,22,24H,8,23H2,1-3H3. The molecule has 2 aromatic carbocycles. The first-order valence-corrected chi connectivity index (χ1v) is 8.79. The normalized spacial score (nSPS) is 18.5. The highest BCUT2D eigenvalue weighted by molar-refractivity contribution is 9.10. The molecule has 4 N–H and O–H groups in total. The van der Waals surface area contributed by atoms with Crippen molar-refractivity contribution in [2.75, 3.05) is 12.8 Å². The summed E-state index contributed by atoms with van der Waals surface area (Å²) >= 11 is 3.31. The Hall–Kier alpha value is -1.92. The molecule has 3 rings (SSSR count). The molecular weight excluding hydrogens is 385 g/mol. The summed E-state index contributed by atoms with van der Waals surface area (Å²) in [7, 11) is 1.53. The van der Waals surface area contributed by atoms with Gasteiger partial charge in [0.1, 0.15) is 11.6 Å². The van der Waals surface area contributed by atoms with Crippen LogP contribution in [0.5, 0.6) is 5.75 Å². The lowest BCUT2D eigenvalue weighted by Crippen LogP contribution is -2.48. The van der Waals surface area contributed by atoms with E-state index in [-0.39, 0.29) is 17.4 Å². The Morgan fingerprint density at radius 1 is 1.40 bits per heavy atom. The summed E-state index contributed by atoms with van der Waals surface area (Å²) in [5.74, 6) is 0.127. The Bertz CT molecular complexity index is 851. The Morgan fingerprint density at radius 3 is 2.76 bits per heavy atom. The summed E-state index contributed by atoms with van der Waals surface area (Å²) in [4.78, 5) is 0. The van der Waals surface area contributed by atoms with Gasteiger partial charge in [-0.25, -0.2) is 4.39 Å². The van der Waals surface area contributed by atoms with Crippen molar-refractivity contribution in [1.82, 2.24) is 5.32 Å². The second-order valence-corrected chi connectivity index (χ2v) is 7.84. The number of hydrogen-bond donors (Lipinski definition) is 3. The molecule has 0 bridgehead atoms. The third-order valence-corrected chi connectivity index (χ3v) is 5.06. The van der Waals surface area contributed by atoms with Crippen molar-refractivity contribution >= 4 is 27.8 Å². The van der Waals surface area contributed by atoms with Gasteiger partial charge in [-0.1, -0.05) is 22.0 Å². The van der Waals surface area contributed by atoms with Crippen molar-refractivity contribution in [3.8, 4) is 5.75 Å². The zero-order chi connectivity index (χ0) is 18.4. The van der Waals surface area contributed by atoms with E-state index in [4.69, 9.17) is 15.9 Å². The monoisotopic (exact) mass is 405 g/mol. The van der Waals surface area contributed by atoms with Crippen LogP contribution in [-0.2, 0) is 6.42 Å². The lowest BCUT2D eigenvalue weighted by molar-refractivity contribution is 0.319. The van der Waals surface area contributed by atoms with Crippen molar-refractivity contribution < 1.29 is 9.13 Å². The topological polar surface area (TPSA) is 71.1 Å². The number of hydrogen-bond acceptors (Lipinski definition) is 4. The van der Waals surface area contributed by atoms with E-state index in [1.807, 2.05) is 6.07 Å². The minimum absolute atomic E-state index is 0.284. The predicted molar refractivity (Wildman–Crippen MR) is 102 cm³/mol. The van der Waals surface area contributed by atoms with Crippen molar-refractivity contribution in [3.05, 3.63) is 56.8 Å². The van der Waals surface area contributed by atoms with E-state index in [1.165, 1.54) is 19.4 Å². The quantitative estimate of drug-likeness (QED) is 0.529. The Kier molecular flexibility index (Phi) is 4.60. The largest absolute Gasteiger partial charge is 0.496 e. The second-order valence-electron chi connectivity index (χ2n) is 6.92. The highest BCUT2D eigenvalue weighted by Crippen LogP contribution is 2.42. The fourth-order valence-corrected chi connectivity index (χ4v) is 3.95. The van der Waals surface area contributed by atoms with Crippen molar-refractivity contribution in [3.63, 3.8) is 0 Å². The molecule has 0 aromatic heterocycles. The molecule has 0 radical (unpaired) electrons. The maximum Gasteiger partial charge on any atom is 0.133 e. The third-order valence-electron chi connectivity index (χ3n) is 4.60. The smallest absolute Gasteiger partial charge is 0.133 e. The highest BCUT2D eigenvalue weighted by atomic mass is 79.9. The van der Waals surface area contributed by atoms with Crippen LogP contribution in [0.4, 0.5) is 10.1 Å². The minimum Gasteiger partial charge on any atom is -0.496 e. The fourth-order valence-electron chi connectivity index (χ4n) is 3.54. The van der Waals surface area contributed by atoms with Gasteiger partial charge in [0.25, 0.3) is 0 Å². The highest BCUT2D eigenvalue weighted by Gasteiger charge is 2.36. The molecule has 25 heavy (non-hydrogen) atoms. The van der Waals surface area contributed by atoms with Crippen LogP contribution in [0, 0.1) is 11.2 Å². The molecule has 4 nitrogen and oxygen atoms in total. The predicted octanol–water partition coefficient (Wildman–Crippen LogP) is 4.19. The first-order chi connectivity index (χ1) is 11.8. The van der Waals surface area contributed by atoms with Gasteiger partial charge in [-0.05, 0) is 49.6 Å². The molecule has 0 saturated heterocycles. The van der Waals surface area contributed by atoms with Gasteiger partial charge in [0.05, 0.1) is 18.7 Å². The van der Waals surface area contributed by atoms with Gasteiger partial charge in [-0.2, -0.15) is 0 Å². The van der Waals surface area contributed by atoms with E-state index >= 15 is 0 Å². The van der Waals surface area contributed by atoms with Crippen LogP contribution in [0.25, 0.3) is 0 Å². The molecule has 1 unspecified atom stereocenters. The Balaban J connectivity index is 2.28. The number of fused-ring (bicyclic) bond motifs is 1. The van der Waals surface area contributed by atoms with E-state index in [2.05, 4.69) is 35.1 Å². The molecule has 1 atom stereocenters. The first kappa shape index (κ1) is 17.9. The van der Waals surface area contributed by atoms with Gasteiger partial charge in [0.2, 0.25) is 0 Å². The van der Waals surface area contributed by atoms with Crippen LogP contribution in [0.2, 0.25) is 0 Å². The van der Waals surface area contributed by atoms with Crippen molar-refractivity contribution in [2.45, 2.75) is 31.8 Å². The van der Waals surface area contributed by atoms with E-state index in [0.717, 1.165) is 11.1 Å². The van der Waals surface area contributed by atoms with Crippen LogP contribution in [0.1, 0.15) is 42.1 Å². The van der Waals surface area contributed by atoms with Crippen LogP contribution >= 0.6 is 15.9 Å². The molecule has 2 aromatic rings. The molecule has 132 valence electrons. The number of ether oxygens (including phenoxy) is 1. The molecule has 0 spiro atoms. The zero-order valence-electron chi connectivity index (χ0n) is 14.4. The number of methoxy groups -OCH3 is 1. The van der Waals surface area contributed by atoms with E-state index in [0.29, 0.717) is 33.5 Å². The summed E-state index contributed by atoms with van der Waals surface area (Å²) in [6.45, 7) is 4.12. The average Bonchev–Trinajstić information content (AvgIpc) is 2.52. The van der Waals surface area contributed by atoms with Gasteiger partial charge in [0.15, 0.2) is 0 Å². The fraction of sp³-hybridized carbons (Fsp3) is 0.316. The number of halogens is 2. The summed E-state index contributed by atoms with van der Waals surface area (Å²) < 4.78 is 20.9. The van der Waals surface area contributed by atoms with Crippen LogP contribution in [0.3, 0.4) is 0 Å². The summed E-state index contributed by atoms with van der Waals surface area (Å²) in [6.07, 6.45) is 1.98. The second kappa shape index (κ2) is 6.42. The number of nitrogen functional groups attached to an aromatic ring is 1. The molecule has 1 aliphatic heterocycles. The van der Waals surface area contributed by atoms with Gasteiger partial charge >= 0.3 is 0 Å². The lowest BCUT2D eigenvalue weighted by atomic mass is 9.79. The number of nitrogens with two attached hydrogens (primary N) is 1. The lowest BCUT2D eigenvalue weighted by Gasteiger charge is -2.40. The molecule has 0 amide bonds. The molecule has 0 aliphatic carbocycles. The van der Waals surface area contributed by atoms with E-state index < -0.39 is 0 Å². The molecule has 1 aliphatic rings. The third kappa shape index (κ3) is 3.16. The van der Waals surface area contributed by atoms with Gasteiger partial charge in [-0.15, -0.1) is 0 Å². The van der Waals surface area contributed by atoms with Gasteiger partial charge in [0, 0.05) is 27.5 Å². The maximum absolute atomic E-state index is 14.9. The SMILES string of the molecule is COc1cc(Br)cc(F)c1C1NC(C)(C)Cc2c1ccc(N)c2C=N. The molecule has 0 saturated carbocycles. The van der Waals surface area contributed by atoms with Crippen molar-refractivity contribution in [1.29, 1.82) is 5.41 Å². The summed E-state index contributed by atoms with van der Waals surface area (Å²) in [5, 5.41) is 11.3. The molecule has 1 heterocycles. The number of rotatable bonds is 3. The zero-order valence-corrected chi connectivity index (χ0v) is 16.0. The summed E-state index contributed by atoms with van der Waals surface area (Å²) in [6, 6.07) is 6.49. The van der Waals surface area contributed by atoms with E-state index in [9.17, 15) is 4.39 Å². The maximum atomic E-state index is 14.9. The van der Waals surface area contributed by atoms with Gasteiger partial charge in [-0.3, -0.25) is 0 Å².